The summed E-state index contributed by atoms with van der Waals surface area (Å²) >= 11 is 0. The van der Waals surface area contributed by atoms with Gasteiger partial charge in [-0.15, -0.1) is 0 Å². The molecular weight excluding hydrogens is 207 g/mol. The minimum atomic E-state index is -0.263. The Morgan fingerprint density at radius 3 is 3.00 bits per heavy atom. The average molecular weight is 222 g/mol. The van der Waals surface area contributed by atoms with E-state index in [0.29, 0.717) is 30.1 Å². The lowest BCUT2D eigenvalue weighted by Crippen LogP contribution is -2.09. The normalized spacial score (nSPS) is 20.0. The van der Waals surface area contributed by atoms with Crippen LogP contribution in [0.15, 0.2) is 18.2 Å². The second-order valence-electron chi connectivity index (χ2n) is 4.32. The Balaban J connectivity index is 2.05. The maximum Gasteiger partial charge on any atom is 0.163 e. The van der Waals surface area contributed by atoms with Crippen molar-refractivity contribution in [1.82, 2.24) is 0 Å². The maximum absolute atomic E-state index is 13.0. The fourth-order valence-corrected chi connectivity index (χ4v) is 1.94. The molecule has 86 valence electrons. The second kappa shape index (κ2) is 4.74. The zero-order chi connectivity index (χ0) is 11.5. The fraction of sp³-hybridized carbons (Fsp3) is 0.462. The molecule has 0 aromatic heterocycles. The van der Waals surface area contributed by atoms with Crippen LogP contribution in [-0.4, -0.2) is 19.0 Å². The van der Waals surface area contributed by atoms with Gasteiger partial charge < -0.3 is 4.74 Å². The van der Waals surface area contributed by atoms with Gasteiger partial charge in [0, 0.05) is 25.2 Å². The summed E-state index contributed by atoms with van der Waals surface area (Å²) in [5.74, 6) is 0.150. The van der Waals surface area contributed by atoms with Gasteiger partial charge in [0.05, 0.1) is 0 Å². The zero-order valence-electron chi connectivity index (χ0n) is 9.33. The number of ketones is 1. The van der Waals surface area contributed by atoms with Crippen molar-refractivity contribution in [3.05, 3.63) is 35.1 Å². The van der Waals surface area contributed by atoms with E-state index in [1.165, 1.54) is 6.07 Å². The van der Waals surface area contributed by atoms with E-state index >= 15 is 0 Å². The summed E-state index contributed by atoms with van der Waals surface area (Å²) in [6.07, 6.45) is 1.46. The predicted octanol–water partition coefficient (Wildman–Crippen LogP) is 2.74. The molecule has 0 radical (unpaired) electrons. The summed E-state index contributed by atoms with van der Waals surface area (Å²) in [4.78, 5) is 11.9. The van der Waals surface area contributed by atoms with Crippen molar-refractivity contribution in [2.45, 2.75) is 19.8 Å². The number of hydrogen-bond donors (Lipinski definition) is 0. The number of benzene rings is 1. The Bertz CT molecular complexity index is 395. The van der Waals surface area contributed by atoms with E-state index in [1.54, 1.807) is 19.1 Å². The van der Waals surface area contributed by atoms with E-state index in [0.717, 1.165) is 13.0 Å². The smallest absolute Gasteiger partial charge is 0.163 e. The van der Waals surface area contributed by atoms with Crippen molar-refractivity contribution in [1.29, 1.82) is 0 Å². The van der Waals surface area contributed by atoms with Gasteiger partial charge >= 0.3 is 0 Å². The van der Waals surface area contributed by atoms with E-state index in [9.17, 15) is 9.18 Å². The molecule has 1 aromatic carbocycles. The molecule has 1 unspecified atom stereocenters. The molecule has 1 aliphatic heterocycles. The van der Waals surface area contributed by atoms with Gasteiger partial charge in [-0.05, 0) is 43.0 Å². The Morgan fingerprint density at radius 2 is 2.38 bits per heavy atom. The first kappa shape index (κ1) is 11.3. The number of ether oxygens (including phenoxy) is 1. The molecule has 1 heterocycles. The number of carbonyl (C=O) groups is 1. The molecule has 2 nitrogen and oxygen atoms in total. The summed E-state index contributed by atoms with van der Waals surface area (Å²) in [7, 11) is 0. The highest BCUT2D eigenvalue weighted by molar-refractivity contribution is 5.96. The molecule has 3 heteroatoms. The van der Waals surface area contributed by atoms with E-state index in [4.69, 9.17) is 4.74 Å². The predicted molar refractivity (Wildman–Crippen MR) is 59.0 cm³/mol. The van der Waals surface area contributed by atoms with Crippen molar-refractivity contribution >= 4 is 5.78 Å². The maximum atomic E-state index is 13.0. The molecular formula is C13H15FO2. The molecule has 0 saturated carbocycles. The zero-order valence-corrected chi connectivity index (χ0v) is 9.33. The lowest BCUT2D eigenvalue weighted by Gasteiger charge is -2.07. The van der Waals surface area contributed by atoms with Crippen LogP contribution >= 0.6 is 0 Å². The topological polar surface area (TPSA) is 26.3 Å². The van der Waals surface area contributed by atoms with Crippen molar-refractivity contribution in [3.63, 3.8) is 0 Å². The molecule has 0 amide bonds. The molecule has 16 heavy (non-hydrogen) atoms. The highest BCUT2D eigenvalue weighted by Crippen LogP contribution is 2.20. The van der Waals surface area contributed by atoms with Crippen LogP contribution in [0.2, 0.25) is 0 Å². The van der Waals surface area contributed by atoms with Crippen LogP contribution in [0.5, 0.6) is 0 Å². The van der Waals surface area contributed by atoms with E-state index in [-0.39, 0.29) is 11.6 Å². The Labute approximate surface area is 94.4 Å². The number of rotatable bonds is 3. The van der Waals surface area contributed by atoms with Crippen LogP contribution in [0.1, 0.15) is 28.8 Å². The van der Waals surface area contributed by atoms with Crippen LogP contribution in [0.3, 0.4) is 0 Å². The van der Waals surface area contributed by atoms with E-state index in [2.05, 4.69) is 0 Å². The molecule has 2 rings (SSSR count). The van der Waals surface area contributed by atoms with Gasteiger partial charge in [-0.2, -0.15) is 0 Å². The first-order valence-electron chi connectivity index (χ1n) is 5.54. The molecule has 0 aliphatic carbocycles. The van der Waals surface area contributed by atoms with Gasteiger partial charge in [0.25, 0.3) is 0 Å². The molecule has 1 saturated heterocycles. The molecule has 1 atom stereocenters. The van der Waals surface area contributed by atoms with Gasteiger partial charge in [-0.25, -0.2) is 4.39 Å². The third kappa shape index (κ3) is 2.47. The van der Waals surface area contributed by atoms with Crippen LogP contribution in [0.25, 0.3) is 0 Å². The summed E-state index contributed by atoms with van der Waals surface area (Å²) in [5.41, 5.74) is 1.12. The van der Waals surface area contributed by atoms with Crippen molar-refractivity contribution in [3.8, 4) is 0 Å². The van der Waals surface area contributed by atoms with Gasteiger partial charge in [0.2, 0.25) is 0 Å². The third-order valence-corrected chi connectivity index (χ3v) is 2.98. The standard InChI is InChI=1S/C13H15FO2/c1-9-6-11(2-3-12(9)14)13(15)7-10-4-5-16-8-10/h2-3,6,10H,4-5,7-8H2,1H3. The number of aryl methyl sites for hydroxylation is 1. The van der Waals surface area contributed by atoms with Crippen LogP contribution in [-0.2, 0) is 4.74 Å². The van der Waals surface area contributed by atoms with Gasteiger partial charge in [-0.1, -0.05) is 0 Å². The quantitative estimate of drug-likeness (QED) is 0.735. The van der Waals surface area contributed by atoms with Crippen LogP contribution < -0.4 is 0 Å². The second-order valence-corrected chi connectivity index (χ2v) is 4.32. The highest BCUT2D eigenvalue weighted by Gasteiger charge is 2.20. The minimum Gasteiger partial charge on any atom is -0.381 e. The molecule has 1 fully saturated rings. The van der Waals surface area contributed by atoms with Gasteiger partial charge in [-0.3, -0.25) is 4.79 Å². The first-order chi connectivity index (χ1) is 7.66. The summed E-state index contributed by atoms with van der Waals surface area (Å²) in [6.45, 7) is 3.09. The third-order valence-electron chi connectivity index (χ3n) is 2.98. The number of carbonyl (C=O) groups excluding carboxylic acids is 1. The molecule has 0 spiro atoms. The molecule has 0 N–H and O–H groups in total. The average Bonchev–Trinajstić information content (AvgIpc) is 2.74. The SMILES string of the molecule is Cc1cc(C(=O)CC2CCOC2)ccc1F. The van der Waals surface area contributed by atoms with E-state index < -0.39 is 0 Å². The summed E-state index contributed by atoms with van der Waals surface area (Å²) in [5, 5.41) is 0. The van der Waals surface area contributed by atoms with Gasteiger partial charge in [0.1, 0.15) is 5.82 Å². The number of halogens is 1. The summed E-state index contributed by atoms with van der Waals surface area (Å²) < 4.78 is 18.3. The lowest BCUT2D eigenvalue weighted by atomic mass is 9.97. The van der Waals surface area contributed by atoms with Crippen molar-refractivity contribution in [2.75, 3.05) is 13.2 Å². The van der Waals surface area contributed by atoms with Crippen molar-refractivity contribution < 1.29 is 13.9 Å². The first-order valence-corrected chi connectivity index (χ1v) is 5.54. The number of hydrogen-bond acceptors (Lipinski definition) is 2. The minimum absolute atomic E-state index is 0.0820. The number of Topliss-reactive ketones (excluding diaryl/α,β-unsaturated/α-hetero) is 1. The van der Waals surface area contributed by atoms with E-state index in [1.807, 2.05) is 0 Å². The van der Waals surface area contributed by atoms with Crippen molar-refractivity contribution in [2.24, 2.45) is 5.92 Å². The Hall–Kier alpha value is -1.22. The van der Waals surface area contributed by atoms with Gasteiger partial charge in [0.15, 0.2) is 5.78 Å². The monoisotopic (exact) mass is 222 g/mol. The summed E-state index contributed by atoms with van der Waals surface area (Å²) in [6, 6.07) is 4.53. The molecule has 1 aliphatic rings. The highest BCUT2D eigenvalue weighted by atomic mass is 19.1. The Morgan fingerprint density at radius 1 is 1.56 bits per heavy atom. The molecule has 1 aromatic rings. The largest absolute Gasteiger partial charge is 0.381 e. The fourth-order valence-electron chi connectivity index (χ4n) is 1.94. The van der Waals surface area contributed by atoms with Crippen LogP contribution in [0.4, 0.5) is 4.39 Å². The lowest BCUT2D eigenvalue weighted by molar-refractivity contribution is 0.0952. The molecule has 0 bridgehead atoms. The Kier molecular flexibility index (Phi) is 3.34. The van der Waals surface area contributed by atoms with Crippen LogP contribution in [0, 0.1) is 18.7 Å².